The van der Waals surface area contributed by atoms with E-state index < -0.39 is 5.82 Å². The molecule has 1 unspecified atom stereocenters. The zero-order valence-corrected chi connectivity index (χ0v) is 11.7. The van der Waals surface area contributed by atoms with Crippen molar-refractivity contribution in [3.05, 3.63) is 46.8 Å². The van der Waals surface area contributed by atoms with E-state index in [1.807, 2.05) is 24.7 Å². The van der Waals surface area contributed by atoms with Crippen LogP contribution in [0.15, 0.2) is 24.5 Å². The number of nitrogens with one attached hydrogen (secondary N) is 1. The molecule has 0 radical (unpaired) electrons. The molecule has 1 heterocycles. The van der Waals surface area contributed by atoms with Crippen molar-refractivity contribution in [1.29, 1.82) is 0 Å². The predicted molar refractivity (Wildman–Crippen MR) is 72.6 cm³/mol. The van der Waals surface area contributed by atoms with Gasteiger partial charge in [-0.1, -0.05) is 23.7 Å². The lowest BCUT2D eigenvalue weighted by Crippen LogP contribution is -2.21. The Morgan fingerprint density at radius 2 is 2.26 bits per heavy atom. The van der Waals surface area contributed by atoms with Crippen LogP contribution in [-0.4, -0.2) is 21.8 Å². The highest BCUT2D eigenvalue weighted by Gasteiger charge is 2.18. The summed E-state index contributed by atoms with van der Waals surface area (Å²) in [5.41, 5.74) is 0.731. The number of aryl methyl sites for hydroxylation is 1. The first-order chi connectivity index (χ1) is 9.17. The fourth-order valence-corrected chi connectivity index (χ4v) is 2.31. The molecular weight excluding hydrogens is 267 g/mol. The largest absolute Gasteiger partial charge is 0.313 e. The second-order valence-electron chi connectivity index (χ2n) is 4.18. The maximum atomic E-state index is 13.5. The summed E-state index contributed by atoms with van der Waals surface area (Å²) in [6.45, 7) is 2.75. The quantitative estimate of drug-likeness (QED) is 0.917. The van der Waals surface area contributed by atoms with Crippen LogP contribution in [0.4, 0.5) is 4.39 Å². The van der Waals surface area contributed by atoms with Gasteiger partial charge in [0.25, 0.3) is 0 Å². The molecule has 102 valence electrons. The first kappa shape index (κ1) is 14.0. The zero-order chi connectivity index (χ0) is 13.8. The Morgan fingerprint density at radius 3 is 2.95 bits per heavy atom. The molecule has 0 fully saturated rings. The Hall–Kier alpha value is -1.46. The van der Waals surface area contributed by atoms with Crippen LogP contribution in [0.2, 0.25) is 5.02 Å². The molecule has 0 spiro atoms. The number of rotatable bonds is 5. The van der Waals surface area contributed by atoms with E-state index in [0.717, 1.165) is 17.9 Å². The van der Waals surface area contributed by atoms with Crippen LogP contribution in [-0.2, 0) is 13.0 Å². The molecule has 0 saturated heterocycles. The molecule has 19 heavy (non-hydrogen) atoms. The van der Waals surface area contributed by atoms with Gasteiger partial charge < -0.3 is 5.32 Å². The van der Waals surface area contributed by atoms with Crippen molar-refractivity contribution in [2.45, 2.75) is 25.9 Å². The number of benzene rings is 1. The van der Waals surface area contributed by atoms with Gasteiger partial charge in [0.05, 0.1) is 5.02 Å². The summed E-state index contributed by atoms with van der Waals surface area (Å²) in [5, 5.41) is 7.43. The summed E-state index contributed by atoms with van der Waals surface area (Å²) in [6, 6.07) is 4.73. The van der Waals surface area contributed by atoms with Crippen LogP contribution in [0, 0.1) is 5.82 Å². The minimum Gasteiger partial charge on any atom is -0.313 e. The van der Waals surface area contributed by atoms with Gasteiger partial charge >= 0.3 is 0 Å². The molecule has 2 rings (SSSR count). The third kappa shape index (κ3) is 2.93. The van der Waals surface area contributed by atoms with Gasteiger partial charge in [-0.3, -0.25) is 4.68 Å². The van der Waals surface area contributed by atoms with Crippen molar-refractivity contribution in [1.82, 2.24) is 20.1 Å². The minimum absolute atomic E-state index is 0.0994. The Balaban J connectivity index is 2.28. The second kappa shape index (κ2) is 6.12. The first-order valence-electron chi connectivity index (χ1n) is 6.15. The summed E-state index contributed by atoms with van der Waals surface area (Å²) < 4.78 is 15.3. The lowest BCUT2D eigenvalue weighted by Gasteiger charge is -2.18. The number of halogens is 2. The first-order valence-corrected chi connectivity index (χ1v) is 6.53. The summed E-state index contributed by atoms with van der Waals surface area (Å²) in [4.78, 5) is 4.23. The fourth-order valence-electron chi connectivity index (χ4n) is 2.05. The number of likely N-dealkylation sites (N-methyl/N-ethyl adjacent to an activating group) is 1. The molecule has 1 aromatic carbocycles. The topological polar surface area (TPSA) is 42.7 Å². The number of hydrogen-bond donors (Lipinski definition) is 1. The molecule has 0 amide bonds. The van der Waals surface area contributed by atoms with Gasteiger partial charge in [-0.25, -0.2) is 9.37 Å². The molecule has 0 aliphatic rings. The van der Waals surface area contributed by atoms with Crippen LogP contribution in [0.1, 0.15) is 24.4 Å². The molecule has 2 aromatic rings. The van der Waals surface area contributed by atoms with E-state index in [1.54, 1.807) is 6.07 Å². The Kier molecular flexibility index (Phi) is 4.50. The average Bonchev–Trinajstić information content (AvgIpc) is 2.87. The van der Waals surface area contributed by atoms with Crippen molar-refractivity contribution >= 4 is 11.6 Å². The lowest BCUT2D eigenvalue weighted by atomic mass is 10.0. The molecule has 6 heteroatoms. The Morgan fingerprint density at radius 1 is 1.47 bits per heavy atom. The minimum atomic E-state index is -0.406. The maximum Gasteiger partial charge on any atom is 0.142 e. The van der Waals surface area contributed by atoms with Crippen molar-refractivity contribution in [3.8, 4) is 0 Å². The summed E-state index contributed by atoms with van der Waals surface area (Å²) >= 11 is 6.02. The van der Waals surface area contributed by atoms with E-state index in [1.165, 1.54) is 12.4 Å². The Labute approximate surface area is 116 Å². The highest BCUT2D eigenvalue weighted by atomic mass is 35.5. The van der Waals surface area contributed by atoms with E-state index in [0.29, 0.717) is 6.42 Å². The smallest absolute Gasteiger partial charge is 0.142 e. The van der Waals surface area contributed by atoms with Crippen LogP contribution in [0.25, 0.3) is 0 Å². The normalized spacial score (nSPS) is 12.6. The van der Waals surface area contributed by atoms with Gasteiger partial charge in [0.15, 0.2) is 0 Å². The summed E-state index contributed by atoms with van der Waals surface area (Å²) in [6.07, 6.45) is 2.13. The average molecular weight is 283 g/mol. The van der Waals surface area contributed by atoms with E-state index in [9.17, 15) is 4.39 Å². The molecular formula is C13H16ClFN4. The fraction of sp³-hybridized carbons (Fsp3) is 0.385. The van der Waals surface area contributed by atoms with Gasteiger partial charge in [-0.15, -0.1) is 0 Å². The summed E-state index contributed by atoms with van der Waals surface area (Å²) in [5.74, 6) is 0.443. The van der Waals surface area contributed by atoms with Gasteiger partial charge in [0.1, 0.15) is 18.0 Å². The molecule has 0 aliphatic heterocycles. The van der Waals surface area contributed by atoms with Crippen LogP contribution in [0.5, 0.6) is 0 Å². The van der Waals surface area contributed by atoms with E-state index in [2.05, 4.69) is 15.4 Å². The third-order valence-corrected chi connectivity index (χ3v) is 3.49. The third-order valence-electron chi connectivity index (χ3n) is 3.09. The van der Waals surface area contributed by atoms with Crippen molar-refractivity contribution in [2.24, 2.45) is 0 Å². The van der Waals surface area contributed by atoms with Crippen molar-refractivity contribution < 1.29 is 4.39 Å². The molecule has 0 aliphatic carbocycles. The molecule has 1 atom stereocenters. The van der Waals surface area contributed by atoms with Crippen LogP contribution < -0.4 is 5.32 Å². The van der Waals surface area contributed by atoms with E-state index >= 15 is 0 Å². The van der Waals surface area contributed by atoms with Gasteiger partial charge in [0.2, 0.25) is 0 Å². The number of aromatic nitrogens is 3. The lowest BCUT2D eigenvalue weighted by molar-refractivity contribution is 0.529. The van der Waals surface area contributed by atoms with E-state index in [-0.39, 0.29) is 11.1 Å². The second-order valence-corrected chi connectivity index (χ2v) is 4.56. The van der Waals surface area contributed by atoms with Crippen molar-refractivity contribution in [2.75, 3.05) is 7.05 Å². The van der Waals surface area contributed by atoms with Crippen molar-refractivity contribution in [3.63, 3.8) is 0 Å². The van der Waals surface area contributed by atoms with Gasteiger partial charge in [0, 0.05) is 19.0 Å². The monoisotopic (exact) mass is 282 g/mol. The Bertz CT molecular complexity index is 555. The molecule has 4 nitrogen and oxygen atoms in total. The summed E-state index contributed by atoms with van der Waals surface area (Å²) in [7, 11) is 1.82. The van der Waals surface area contributed by atoms with Gasteiger partial charge in [-0.05, 0) is 25.6 Å². The molecule has 0 saturated carbocycles. The highest BCUT2D eigenvalue weighted by Crippen LogP contribution is 2.27. The molecule has 1 N–H and O–H groups in total. The SMILES string of the molecule is CCn1ncnc1CC(NC)c1cccc(F)c1Cl. The zero-order valence-electron chi connectivity index (χ0n) is 10.9. The van der Waals surface area contributed by atoms with E-state index in [4.69, 9.17) is 11.6 Å². The van der Waals surface area contributed by atoms with Gasteiger partial charge in [-0.2, -0.15) is 5.10 Å². The standard InChI is InChI=1S/C13H16ClFN4/c1-3-19-12(17-8-18-19)7-11(16-2)9-5-4-6-10(15)13(9)14/h4-6,8,11,16H,3,7H2,1-2H3. The maximum absolute atomic E-state index is 13.5. The highest BCUT2D eigenvalue weighted by molar-refractivity contribution is 6.31. The molecule has 0 bridgehead atoms. The molecule has 1 aromatic heterocycles. The van der Waals surface area contributed by atoms with Crippen LogP contribution >= 0.6 is 11.6 Å². The van der Waals surface area contributed by atoms with Crippen LogP contribution in [0.3, 0.4) is 0 Å². The predicted octanol–water partition coefficient (Wildman–Crippen LogP) is 2.59. The number of nitrogens with zero attached hydrogens (tertiary/aromatic N) is 3. The number of hydrogen-bond acceptors (Lipinski definition) is 3.